The van der Waals surface area contributed by atoms with Gasteiger partial charge in [0.05, 0.1) is 0 Å². The van der Waals surface area contributed by atoms with Gasteiger partial charge < -0.3 is 0 Å². The highest BCUT2D eigenvalue weighted by molar-refractivity contribution is 5.30. The third kappa shape index (κ3) is 2.78. The molecule has 15 heavy (non-hydrogen) atoms. The van der Waals surface area contributed by atoms with E-state index in [-0.39, 0.29) is 0 Å². The van der Waals surface area contributed by atoms with Crippen LogP contribution < -0.4 is 10.3 Å². The van der Waals surface area contributed by atoms with Crippen molar-refractivity contribution in [2.24, 2.45) is 0 Å². The first kappa shape index (κ1) is 9.66. The van der Waals surface area contributed by atoms with Crippen molar-refractivity contribution >= 4 is 5.69 Å². The first-order valence-corrected chi connectivity index (χ1v) is 5.07. The summed E-state index contributed by atoms with van der Waals surface area (Å²) < 4.78 is 0. The summed E-state index contributed by atoms with van der Waals surface area (Å²) >= 11 is 0. The van der Waals surface area contributed by atoms with Gasteiger partial charge in [0.2, 0.25) is 11.0 Å². The smallest absolute Gasteiger partial charge is 0.203 e. The molecule has 0 unspecified atom stereocenters. The average Bonchev–Trinajstić information content (AvgIpc) is 2.50. The maximum atomic E-state index is 3.35. The lowest BCUT2D eigenvalue weighted by Gasteiger charge is -1.88. The number of benzene rings is 1. The van der Waals surface area contributed by atoms with E-state index in [9.17, 15) is 0 Å². The predicted molar refractivity (Wildman–Crippen MR) is 61.4 cm³/mol. The largest absolute Gasteiger partial charge is 0.205 e. The summed E-state index contributed by atoms with van der Waals surface area (Å²) in [7, 11) is 0. The van der Waals surface area contributed by atoms with Crippen molar-refractivity contribution in [1.29, 1.82) is 0 Å². The molecule has 0 bridgehead atoms. The SMILES string of the molecule is Cc1ccc([NH+]=c2cccccc2)cc1. The van der Waals surface area contributed by atoms with Gasteiger partial charge in [0.1, 0.15) is 0 Å². The Morgan fingerprint density at radius 2 is 1.33 bits per heavy atom. The molecule has 2 aromatic rings. The predicted octanol–water partition coefficient (Wildman–Crippen LogP) is 1.31. The number of hydrogen-bond donors (Lipinski definition) is 1. The summed E-state index contributed by atoms with van der Waals surface area (Å²) in [6.07, 6.45) is 0. The Morgan fingerprint density at radius 3 is 1.93 bits per heavy atom. The number of hydrogen-bond acceptors (Lipinski definition) is 0. The van der Waals surface area contributed by atoms with Gasteiger partial charge in [0, 0.05) is 24.3 Å². The van der Waals surface area contributed by atoms with E-state index in [1.54, 1.807) is 0 Å². The Morgan fingerprint density at radius 1 is 0.733 bits per heavy atom. The van der Waals surface area contributed by atoms with Crippen molar-refractivity contribution in [3.05, 3.63) is 71.6 Å². The maximum absolute atomic E-state index is 3.35. The third-order valence-corrected chi connectivity index (χ3v) is 2.23. The zero-order valence-electron chi connectivity index (χ0n) is 8.77. The molecule has 0 saturated heterocycles. The highest BCUT2D eigenvalue weighted by Crippen LogP contribution is 2.00. The van der Waals surface area contributed by atoms with Crippen LogP contribution in [0.25, 0.3) is 0 Å². The van der Waals surface area contributed by atoms with Crippen molar-refractivity contribution in [2.45, 2.75) is 6.92 Å². The molecule has 0 heterocycles. The Balaban J connectivity index is 2.43. The van der Waals surface area contributed by atoms with Crippen molar-refractivity contribution in [3.63, 3.8) is 0 Å². The second-order valence-electron chi connectivity index (χ2n) is 3.55. The molecule has 1 nitrogen and oxygen atoms in total. The van der Waals surface area contributed by atoms with E-state index >= 15 is 0 Å². The number of rotatable bonds is 1. The molecule has 2 rings (SSSR count). The normalized spacial score (nSPS) is 9.67. The molecule has 0 aliphatic heterocycles. The molecular weight excluding hydrogens is 182 g/mol. The lowest BCUT2D eigenvalue weighted by Crippen LogP contribution is -2.69. The molecule has 0 fully saturated rings. The van der Waals surface area contributed by atoms with Crippen LogP contribution in [0.4, 0.5) is 5.69 Å². The van der Waals surface area contributed by atoms with E-state index in [1.807, 2.05) is 24.3 Å². The van der Waals surface area contributed by atoms with Gasteiger partial charge in [-0.1, -0.05) is 42.0 Å². The van der Waals surface area contributed by atoms with Gasteiger partial charge in [-0.2, -0.15) is 0 Å². The van der Waals surface area contributed by atoms with E-state index in [0.717, 1.165) is 11.0 Å². The zero-order chi connectivity index (χ0) is 10.5. The van der Waals surface area contributed by atoms with Crippen molar-refractivity contribution in [2.75, 3.05) is 0 Å². The molecular formula is C14H14N+. The highest BCUT2D eigenvalue weighted by atomic mass is 14.7. The van der Waals surface area contributed by atoms with E-state index in [4.69, 9.17) is 0 Å². The molecule has 0 aliphatic rings. The average molecular weight is 196 g/mol. The van der Waals surface area contributed by atoms with E-state index < -0.39 is 0 Å². The van der Waals surface area contributed by atoms with Crippen LogP contribution in [-0.2, 0) is 0 Å². The maximum Gasteiger partial charge on any atom is 0.203 e. The second-order valence-corrected chi connectivity index (χ2v) is 3.55. The van der Waals surface area contributed by atoms with Gasteiger partial charge in [-0.15, -0.1) is 0 Å². The summed E-state index contributed by atoms with van der Waals surface area (Å²) in [5, 5.41) is 1.10. The summed E-state index contributed by atoms with van der Waals surface area (Å²) in [6, 6.07) is 20.6. The van der Waals surface area contributed by atoms with Crippen LogP contribution in [-0.4, -0.2) is 0 Å². The molecule has 2 aromatic carbocycles. The van der Waals surface area contributed by atoms with Crippen LogP contribution in [0.5, 0.6) is 0 Å². The highest BCUT2D eigenvalue weighted by Gasteiger charge is 1.93. The number of nitrogens with one attached hydrogen (secondary N) is 1. The lowest BCUT2D eigenvalue weighted by atomic mass is 10.2. The van der Waals surface area contributed by atoms with Gasteiger partial charge >= 0.3 is 0 Å². The van der Waals surface area contributed by atoms with Crippen LogP contribution in [0.3, 0.4) is 0 Å². The molecule has 0 saturated carbocycles. The molecule has 0 atom stereocenters. The van der Waals surface area contributed by atoms with E-state index in [0.29, 0.717) is 0 Å². The van der Waals surface area contributed by atoms with E-state index in [1.165, 1.54) is 5.56 Å². The summed E-state index contributed by atoms with van der Waals surface area (Å²) in [5.41, 5.74) is 2.39. The van der Waals surface area contributed by atoms with Crippen molar-refractivity contribution in [1.82, 2.24) is 0 Å². The number of aryl methyl sites for hydroxylation is 1. The Kier molecular flexibility index (Phi) is 2.93. The fourth-order valence-electron chi connectivity index (χ4n) is 1.39. The van der Waals surface area contributed by atoms with Crippen LogP contribution in [0.15, 0.2) is 60.7 Å². The summed E-state index contributed by atoms with van der Waals surface area (Å²) in [5.74, 6) is 0. The zero-order valence-corrected chi connectivity index (χ0v) is 8.77. The van der Waals surface area contributed by atoms with Crippen LogP contribution in [0.2, 0.25) is 0 Å². The standard InChI is InChI=1S/C14H13N/c1-12-8-10-14(11-9-12)15-13-6-4-2-3-5-7-13/h2-11H,1H3/p+1. The Labute approximate surface area is 89.8 Å². The molecule has 0 radical (unpaired) electrons. The van der Waals surface area contributed by atoms with Crippen LogP contribution in [0.1, 0.15) is 5.56 Å². The van der Waals surface area contributed by atoms with Gasteiger partial charge in [0.15, 0.2) is 0 Å². The quantitative estimate of drug-likeness (QED) is 0.707. The molecule has 74 valence electrons. The molecule has 0 aromatic heterocycles. The van der Waals surface area contributed by atoms with Gasteiger partial charge in [-0.05, 0) is 6.92 Å². The van der Waals surface area contributed by atoms with E-state index in [2.05, 4.69) is 48.3 Å². The van der Waals surface area contributed by atoms with Gasteiger partial charge in [-0.25, -0.2) is 4.99 Å². The minimum absolute atomic E-state index is 1.10. The Bertz CT molecular complexity index is 476. The fourth-order valence-corrected chi connectivity index (χ4v) is 1.39. The first-order valence-electron chi connectivity index (χ1n) is 5.07. The topological polar surface area (TPSA) is 14.0 Å². The van der Waals surface area contributed by atoms with Crippen LogP contribution >= 0.6 is 0 Å². The molecule has 1 heteroatoms. The van der Waals surface area contributed by atoms with Gasteiger partial charge in [-0.3, -0.25) is 0 Å². The monoisotopic (exact) mass is 196 g/mol. The molecule has 1 N–H and O–H groups in total. The first-order chi connectivity index (χ1) is 7.34. The van der Waals surface area contributed by atoms with Crippen molar-refractivity contribution < 1.29 is 4.99 Å². The second kappa shape index (κ2) is 4.56. The third-order valence-electron chi connectivity index (χ3n) is 2.23. The summed E-state index contributed by atoms with van der Waals surface area (Å²) in [4.78, 5) is 3.35. The Hall–Kier alpha value is -1.89. The minimum atomic E-state index is 1.10. The lowest BCUT2D eigenvalue weighted by molar-refractivity contribution is -0.402. The molecule has 0 aliphatic carbocycles. The fraction of sp³-hybridized carbons (Fsp3) is 0.0714. The molecule has 0 spiro atoms. The minimum Gasteiger partial charge on any atom is -0.205 e. The molecule has 0 amide bonds. The van der Waals surface area contributed by atoms with Gasteiger partial charge in [0.25, 0.3) is 0 Å². The summed E-state index contributed by atoms with van der Waals surface area (Å²) in [6.45, 7) is 2.09. The van der Waals surface area contributed by atoms with Crippen LogP contribution in [0, 0.1) is 6.92 Å². The van der Waals surface area contributed by atoms with Crippen molar-refractivity contribution in [3.8, 4) is 0 Å².